The van der Waals surface area contributed by atoms with Crippen LogP contribution in [-0.2, 0) is 23.1 Å². The number of aryl methyl sites for hydroxylation is 1. The molecule has 0 bridgehead atoms. The molecule has 3 rings (SSSR count). The van der Waals surface area contributed by atoms with Gasteiger partial charge in [0.2, 0.25) is 10.0 Å². The number of hydrogen-bond acceptors (Lipinski definition) is 5. The van der Waals surface area contributed by atoms with Crippen molar-refractivity contribution < 1.29 is 17.6 Å². The van der Waals surface area contributed by atoms with Gasteiger partial charge in [-0.2, -0.15) is 0 Å². The maximum absolute atomic E-state index is 12.2. The van der Waals surface area contributed by atoms with Crippen molar-refractivity contribution in [2.45, 2.75) is 24.8 Å². The molecule has 3 aromatic rings. The van der Waals surface area contributed by atoms with Crippen molar-refractivity contribution in [1.82, 2.24) is 4.31 Å². The quantitative estimate of drug-likeness (QED) is 0.607. The van der Waals surface area contributed by atoms with Gasteiger partial charge in [0.15, 0.2) is 0 Å². The van der Waals surface area contributed by atoms with Crippen LogP contribution in [0.2, 0.25) is 0 Å². The third kappa shape index (κ3) is 4.04. The molecule has 0 spiro atoms. The van der Waals surface area contributed by atoms with E-state index in [0.29, 0.717) is 11.3 Å². The van der Waals surface area contributed by atoms with Gasteiger partial charge in [-0.15, -0.1) is 0 Å². The lowest BCUT2D eigenvalue weighted by Gasteiger charge is -2.13. The molecule has 1 aromatic heterocycles. The van der Waals surface area contributed by atoms with Gasteiger partial charge in [0, 0.05) is 31.6 Å². The number of fused-ring (bicyclic) bond motifs is 1. The Morgan fingerprint density at radius 2 is 1.85 bits per heavy atom. The molecule has 6 nitrogen and oxygen atoms in total. The van der Waals surface area contributed by atoms with Crippen LogP contribution in [0.4, 0.5) is 0 Å². The van der Waals surface area contributed by atoms with Crippen molar-refractivity contribution in [3.05, 3.63) is 70.1 Å². The molecule has 1 heterocycles. The van der Waals surface area contributed by atoms with E-state index in [1.807, 2.05) is 19.1 Å². The summed E-state index contributed by atoms with van der Waals surface area (Å²) in [6, 6.07) is 13.5. The van der Waals surface area contributed by atoms with E-state index in [1.165, 1.54) is 24.5 Å². The zero-order valence-corrected chi connectivity index (χ0v) is 16.2. The second kappa shape index (κ2) is 7.54. The average molecular weight is 387 g/mol. The normalized spacial score (nSPS) is 11.9. The molecule has 142 valence electrons. The van der Waals surface area contributed by atoms with Gasteiger partial charge in [-0.3, -0.25) is 0 Å². The fourth-order valence-electron chi connectivity index (χ4n) is 2.77. The lowest BCUT2D eigenvalue weighted by atomic mass is 10.1. The van der Waals surface area contributed by atoms with Crippen molar-refractivity contribution in [1.29, 1.82) is 0 Å². The van der Waals surface area contributed by atoms with Gasteiger partial charge >= 0.3 is 5.63 Å². The minimum absolute atomic E-state index is 0.194. The number of rotatable bonds is 6. The average Bonchev–Trinajstić information content (AvgIpc) is 2.65. The maximum atomic E-state index is 12.2. The van der Waals surface area contributed by atoms with E-state index in [-0.39, 0.29) is 11.5 Å². The Morgan fingerprint density at radius 3 is 2.56 bits per heavy atom. The van der Waals surface area contributed by atoms with E-state index in [1.54, 1.807) is 30.3 Å². The zero-order valence-electron chi connectivity index (χ0n) is 15.4. The molecule has 0 atom stereocenters. The minimum atomic E-state index is -3.50. The summed E-state index contributed by atoms with van der Waals surface area (Å²) in [5, 5.41) is 0.878. The van der Waals surface area contributed by atoms with Gasteiger partial charge in [-0.25, -0.2) is 17.5 Å². The van der Waals surface area contributed by atoms with Crippen molar-refractivity contribution >= 4 is 21.0 Å². The van der Waals surface area contributed by atoms with Crippen LogP contribution in [0.3, 0.4) is 0 Å². The Kier molecular flexibility index (Phi) is 5.34. The smallest absolute Gasteiger partial charge is 0.336 e. The molecule has 0 radical (unpaired) electrons. The molecule has 0 aliphatic heterocycles. The van der Waals surface area contributed by atoms with Crippen molar-refractivity contribution in [2.24, 2.45) is 0 Å². The molecular formula is C20H21NO5S. The first kappa shape index (κ1) is 19.1. The lowest BCUT2D eigenvalue weighted by molar-refractivity contribution is 0.306. The largest absolute Gasteiger partial charge is 0.489 e. The standard InChI is InChI=1S/C20H21NO5S/c1-4-15-11-20(22)26-19-12-16(8-9-18(15)19)25-13-14-6-5-7-17(10-14)27(23,24)21(2)3/h5-12H,4,13H2,1-3H3. The van der Waals surface area contributed by atoms with Crippen LogP contribution in [0, 0.1) is 0 Å². The second-order valence-corrected chi connectivity index (χ2v) is 8.48. The molecule has 27 heavy (non-hydrogen) atoms. The topological polar surface area (TPSA) is 76.8 Å². The molecule has 0 N–H and O–H groups in total. The summed E-state index contributed by atoms with van der Waals surface area (Å²) in [5.41, 5.74) is 1.73. The Bertz CT molecular complexity index is 1130. The molecule has 0 saturated carbocycles. The van der Waals surface area contributed by atoms with Gasteiger partial charge in [0.05, 0.1) is 4.90 Å². The van der Waals surface area contributed by atoms with Crippen LogP contribution in [0.1, 0.15) is 18.1 Å². The maximum Gasteiger partial charge on any atom is 0.336 e. The lowest BCUT2D eigenvalue weighted by Crippen LogP contribution is -2.22. The third-order valence-corrected chi connectivity index (χ3v) is 6.08. The van der Waals surface area contributed by atoms with E-state index in [9.17, 15) is 13.2 Å². The van der Waals surface area contributed by atoms with E-state index >= 15 is 0 Å². The Balaban J connectivity index is 1.84. The van der Waals surface area contributed by atoms with Crippen LogP contribution in [0.25, 0.3) is 11.0 Å². The monoisotopic (exact) mass is 387 g/mol. The summed E-state index contributed by atoms with van der Waals surface area (Å²) in [6.45, 7) is 2.17. The first-order valence-electron chi connectivity index (χ1n) is 8.52. The summed E-state index contributed by atoms with van der Waals surface area (Å²) in [6.07, 6.45) is 0.732. The summed E-state index contributed by atoms with van der Waals surface area (Å²) < 4.78 is 36.7. The highest BCUT2D eigenvalue weighted by atomic mass is 32.2. The molecule has 0 saturated heterocycles. The summed E-state index contributed by atoms with van der Waals surface area (Å²) in [4.78, 5) is 11.9. The van der Waals surface area contributed by atoms with Crippen LogP contribution in [0.5, 0.6) is 5.75 Å². The predicted octanol–water partition coefficient (Wildman–Crippen LogP) is 3.18. The van der Waals surface area contributed by atoms with Gasteiger partial charge in [0.25, 0.3) is 0 Å². The van der Waals surface area contributed by atoms with E-state index in [2.05, 4.69) is 0 Å². The minimum Gasteiger partial charge on any atom is -0.489 e. The van der Waals surface area contributed by atoms with E-state index in [0.717, 1.165) is 22.9 Å². The Morgan fingerprint density at radius 1 is 1.07 bits per heavy atom. The van der Waals surface area contributed by atoms with Gasteiger partial charge in [0.1, 0.15) is 17.9 Å². The molecule has 2 aromatic carbocycles. The number of sulfonamides is 1. The number of hydrogen-bond donors (Lipinski definition) is 0. The highest BCUT2D eigenvalue weighted by Crippen LogP contribution is 2.24. The molecular weight excluding hydrogens is 366 g/mol. The zero-order chi connectivity index (χ0) is 19.6. The highest BCUT2D eigenvalue weighted by molar-refractivity contribution is 7.89. The first-order valence-corrected chi connectivity index (χ1v) is 9.96. The SMILES string of the molecule is CCc1cc(=O)oc2cc(OCc3cccc(S(=O)(=O)N(C)C)c3)ccc12. The molecule has 7 heteroatoms. The molecule has 0 amide bonds. The molecule has 0 unspecified atom stereocenters. The van der Waals surface area contributed by atoms with Crippen molar-refractivity contribution in [2.75, 3.05) is 14.1 Å². The Hall–Kier alpha value is -2.64. The highest BCUT2D eigenvalue weighted by Gasteiger charge is 2.17. The van der Waals surface area contributed by atoms with Gasteiger partial charge in [-0.1, -0.05) is 19.1 Å². The third-order valence-electron chi connectivity index (χ3n) is 4.27. The van der Waals surface area contributed by atoms with Crippen molar-refractivity contribution in [3.8, 4) is 5.75 Å². The Labute approximate surface area is 158 Å². The number of nitrogens with zero attached hydrogens (tertiary/aromatic N) is 1. The van der Waals surface area contributed by atoms with Crippen molar-refractivity contribution in [3.63, 3.8) is 0 Å². The number of ether oxygens (including phenoxy) is 1. The fraction of sp³-hybridized carbons (Fsp3) is 0.250. The summed E-state index contributed by atoms with van der Waals surface area (Å²) >= 11 is 0. The van der Waals surface area contributed by atoms with Crippen LogP contribution in [0.15, 0.2) is 62.6 Å². The van der Waals surface area contributed by atoms with Crippen LogP contribution < -0.4 is 10.4 Å². The fourth-order valence-corrected chi connectivity index (χ4v) is 3.74. The van der Waals surface area contributed by atoms with E-state index in [4.69, 9.17) is 9.15 Å². The van der Waals surface area contributed by atoms with E-state index < -0.39 is 15.6 Å². The van der Waals surface area contributed by atoms with Crippen LogP contribution >= 0.6 is 0 Å². The molecule has 0 fully saturated rings. The summed E-state index contributed by atoms with van der Waals surface area (Å²) in [5.74, 6) is 0.541. The predicted molar refractivity (Wildman–Crippen MR) is 104 cm³/mol. The second-order valence-electron chi connectivity index (χ2n) is 6.33. The van der Waals surface area contributed by atoms with Gasteiger partial charge in [-0.05, 0) is 41.8 Å². The summed E-state index contributed by atoms with van der Waals surface area (Å²) in [7, 11) is -0.512. The molecule has 0 aliphatic carbocycles. The number of benzene rings is 2. The molecule has 0 aliphatic rings. The van der Waals surface area contributed by atoms with Gasteiger partial charge < -0.3 is 9.15 Å². The first-order chi connectivity index (χ1) is 12.8. The van der Waals surface area contributed by atoms with Crippen LogP contribution in [-0.4, -0.2) is 26.8 Å².